The Balaban J connectivity index is 1.86. The van der Waals surface area contributed by atoms with E-state index in [1.165, 1.54) is 17.3 Å². The van der Waals surface area contributed by atoms with Crippen LogP contribution in [0, 0.1) is 5.92 Å². The second-order valence-corrected chi connectivity index (χ2v) is 7.42. The number of thioether (sulfide) groups is 1. The van der Waals surface area contributed by atoms with Gasteiger partial charge >= 0.3 is 5.97 Å². The average molecular weight is 364 g/mol. The molecule has 0 bridgehead atoms. The highest BCUT2D eigenvalue weighted by Crippen LogP contribution is 2.27. The molecule has 6 nitrogen and oxygen atoms in total. The number of carboxylic acids is 1. The van der Waals surface area contributed by atoms with Crippen molar-refractivity contribution >= 4 is 35.2 Å². The summed E-state index contributed by atoms with van der Waals surface area (Å²) < 4.78 is 0. The van der Waals surface area contributed by atoms with Crippen molar-refractivity contribution < 1.29 is 19.5 Å². The van der Waals surface area contributed by atoms with Gasteiger partial charge in [-0.15, -0.1) is 11.8 Å². The molecule has 0 aromatic heterocycles. The molecular weight excluding hydrogens is 340 g/mol. The van der Waals surface area contributed by atoms with Crippen LogP contribution in [0.25, 0.3) is 0 Å². The maximum atomic E-state index is 12.5. The minimum atomic E-state index is -0.874. The molecule has 2 N–H and O–H groups in total. The number of rotatable bonds is 8. The van der Waals surface area contributed by atoms with Crippen LogP contribution in [-0.4, -0.2) is 47.5 Å². The summed E-state index contributed by atoms with van der Waals surface area (Å²) in [4.78, 5) is 36.8. The lowest BCUT2D eigenvalue weighted by Crippen LogP contribution is -2.37. The number of nitrogens with zero attached hydrogens (tertiary/aromatic N) is 1. The van der Waals surface area contributed by atoms with Gasteiger partial charge in [0.2, 0.25) is 11.8 Å². The molecular formula is C18H24N2O4S. The minimum Gasteiger partial charge on any atom is -0.481 e. The molecule has 1 fully saturated rings. The molecule has 2 amide bonds. The van der Waals surface area contributed by atoms with Crippen molar-refractivity contribution in [1.29, 1.82) is 0 Å². The first-order chi connectivity index (χ1) is 11.9. The molecule has 136 valence electrons. The van der Waals surface area contributed by atoms with Crippen LogP contribution in [-0.2, 0) is 14.4 Å². The first-order valence-corrected chi connectivity index (χ1v) is 9.54. The summed E-state index contributed by atoms with van der Waals surface area (Å²) in [5.74, 6) is -1.02. The standard InChI is InChI=1S/C18H24N2O4S/c1-12(2)13-3-5-14(6-4-13)20-9-7-15(18(20)24)17(23)19-8-10-25-11-16(21)22/h3-6,12,15H,7-11H2,1-2H3,(H,19,23)(H,21,22). The molecule has 2 rings (SSSR count). The summed E-state index contributed by atoms with van der Waals surface area (Å²) in [7, 11) is 0. The van der Waals surface area contributed by atoms with Gasteiger partial charge in [-0.05, 0) is 30.0 Å². The van der Waals surface area contributed by atoms with Gasteiger partial charge in [0.15, 0.2) is 0 Å². The Bertz CT molecular complexity index is 630. The number of carbonyl (C=O) groups is 3. The molecule has 1 unspecified atom stereocenters. The van der Waals surface area contributed by atoms with E-state index in [1.807, 2.05) is 24.3 Å². The number of hydrogen-bond donors (Lipinski definition) is 2. The van der Waals surface area contributed by atoms with Crippen LogP contribution in [0.1, 0.15) is 31.7 Å². The second-order valence-electron chi connectivity index (χ2n) is 6.31. The fourth-order valence-electron chi connectivity index (χ4n) is 2.75. The van der Waals surface area contributed by atoms with Crippen molar-refractivity contribution in [3.05, 3.63) is 29.8 Å². The lowest BCUT2D eigenvalue weighted by atomic mass is 10.0. The van der Waals surface area contributed by atoms with E-state index in [-0.39, 0.29) is 17.6 Å². The van der Waals surface area contributed by atoms with Crippen molar-refractivity contribution in [1.82, 2.24) is 5.32 Å². The molecule has 1 atom stereocenters. The third kappa shape index (κ3) is 5.22. The zero-order valence-electron chi connectivity index (χ0n) is 14.5. The Labute approximate surface area is 152 Å². The highest BCUT2D eigenvalue weighted by atomic mass is 32.2. The number of aliphatic carboxylic acids is 1. The molecule has 1 aromatic rings. The number of amides is 2. The minimum absolute atomic E-state index is 0.0123. The van der Waals surface area contributed by atoms with Crippen LogP contribution in [0.2, 0.25) is 0 Å². The second kappa shape index (κ2) is 8.89. The predicted octanol–water partition coefficient (Wildman–Crippen LogP) is 2.10. The largest absolute Gasteiger partial charge is 0.481 e. The van der Waals surface area contributed by atoms with E-state index in [9.17, 15) is 14.4 Å². The van der Waals surface area contributed by atoms with Crippen molar-refractivity contribution in [2.24, 2.45) is 5.92 Å². The molecule has 1 aliphatic rings. The summed E-state index contributed by atoms with van der Waals surface area (Å²) in [6, 6.07) is 7.88. The zero-order valence-corrected chi connectivity index (χ0v) is 15.3. The number of benzene rings is 1. The lowest BCUT2D eigenvalue weighted by Gasteiger charge is -2.17. The first-order valence-electron chi connectivity index (χ1n) is 8.38. The molecule has 1 aliphatic heterocycles. The summed E-state index contributed by atoms with van der Waals surface area (Å²) in [5.41, 5.74) is 2.03. The Kier molecular flexibility index (Phi) is 6.87. The third-order valence-electron chi connectivity index (χ3n) is 4.16. The average Bonchev–Trinajstić information content (AvgIpc) is 2.95. The van der Waals surface area contributed by atoms with Crippen molar-refractivity contribution in [3.8, 4) is 0 Å². The van der Waals surface area contributed by atoms with Crippen LogP contribution in [0.3, 0.4) is 0 Å². The Hall–Kier alpha value is -2.02. The van der Waals surface area contributed by atoms with Gasteiger partial charge in [0.1, 0.15) is 5.92 Å². The van der Waals surface area contributed by atoms with E-state index in [1.54, 1.807) is 4.90 Å². The summed E-state index contributed by atoms with van der Waals surface area (Å²) in [6.07, 6.45) is 0.499. The third-order valence-corrected chi connectivity index (χ3v) is 5.11. The van der Waals surface area contributed by atoms with Gasteiger partial charge in [-0.25, -0.2) is 0 Å². The van der Waals surface area contributed by atoms with Gasteiger partial charge in [-0.3, -0.25) is 14.4 Å². The van der Waals surface area contributed by atoms with E-state index >= 15 is 0 Å². The topological polar surface area (TPSA) is 86.7 Å². The number of carboxylic acid groups (broad SMARTS) is 1. The predicted molar refractivity (Wildman–Crippen MR) is 99.0 cm³/mol. The number of hydrogen-bond acceptors (Lipinski definition) is 4. The first kappa shape index (κ1) is 19.3. The fourth-order valence-corrected chi connectivity index (χ4v) is 3.31. The summed E-state index contributed by atoms with van der Waals surface area (Å²) >= 11 is 1.24. The lowest BCUT2D eigenvalue weighted by molar-refractivity contribution is -0.134. The smallest absolute Gasteiger partial charge is 0.313 e. The SMILES string of the molecule is CC(C)c1ccc(N2CCC(C(=O)NCCSCC(=O)O)C2=O)cc1. The van der Waals surface area contributed by atoms with Gasteiger partial charge in [-0.2, -0.15) is 0 Å². The maximum Gasteiger partial charge on any atom is 0.313 e. The molecule has 0 radical (unpaired) electrons. The molecule has 1 heterocycles. The van der Waals surface area contributed by atoms with Crippen LogP contribution < -0.4 is 10.2 Å². The monoisotopic (exact) mass is 364 g/mol. The van der Waals surface area contributed by atoms with Gasteiger partial charge in [-0.1, -0.05) is 26.0 Å². The van der Waals surface area contributed by atoms with Gasteiger partial charge in [0.25, 0.3) is 0 Å². The van der Waals surface area contributed by atoms with Gasteiger partial charge in [0, 0.05) is 24.5 Å². The van der Waals surface area contributed by atoms with Crippen molar-refractivity contribution in [3.63, 3.8) is 0 Å². The van der Waals surface area contributed by atoms with Crippen LogP contribution in [0.15, 0.2) is 24.3 Å². The Morgan fingerprint density at radius 2 is 2.00 bits per heavy atom. The highest BCUT2D eigenvalue weighted by Gasteiger charge is 2.37. The fraction of sp³-hybridized carbons (Fsp3) is 0.500. The number of anilines is 1. The maximum absolute atomic E-state index is 12.5. The van der Waals surface area contributed by atoms with E-state index in [0.717, 1.165) is 5.69 Å². The number of carbonyl (C=O) groups excluding carboxylic acids is 2. The molecule has 25 heavy (non-hydrogen) atoms. The van der Waals surface area contributed by atoms with Crippen molar-refractivity contribution in [2.45, 2.75) is 26.2 Å². The molecule has 0 aliphatic carbocycles. The molecule has 1 aromatic carbocycles. The highest BCUT2D eigenvalue weighted by molar-refractivity contribution is 7.99. The van der Waals surface area contributed by atoms with Crippen LogP contribution in [0.4, 0.5) is 5.69 Å². The molecule has 1 saturated heterocycles. The zero-order chi connectivity index (χ0) is 18.4. The molecule has 0 spiro atoms. The van der Waals surface area contributed by atoms with Gasteiger partial charge in [0.05, 0.1) is 5.75 Å². The van der Waals surface area contributed by atoms with Crippen molar-refractivity contribution in [2.75, 3.05) is 29.5 Å². The van der Waals surface area contributed by atoms with E-state index in [2.05, 4.69) is 19.2 Å². The van der Waals surface area contributed by atoms with Gasteiger partial charge < -0.3 is 15.3 Å². The molecule has 0 saturated carbocycles. The summed E-state index contributed by atoms with van der Waals surface area (Å²) in [5, 5.41) is 11.3. The van der Waals surface area contributed by atoms with E-state index < -0.39 is 11.9 Å². The normalized spacial score (nSPS) is 17.2. The quantitative estimate of drug-likeness (QED) is 0.545. The molecule has 7 heteroatoms. The van der Waals surface area contributed by atoms with Crippen LogP contribution >= 0.6 is 11.8 Å². The Morgan fingerprint density at radius 3 is 2.60 bits per heavy atom. The summed E-state index contributed by atoms with van der Waals surface area (Å²) in [6.45, 7) is 5.13. The van der Waals surface area contributed by atoms with E-state index in [0.29, 0.717) is 31.2 Å². The van der Waals surface area contributed by atoms with Crippen LogP contribution in [0.5, 0.6) is 0 Å². The van der Waals surface area contributed by atoms with E-state index in [4.69, 9.17) is 5.11 Å². The Morgan fingerprint density at radius 1 is 1.32 bits per heavy atom. The number of nitrogens with one attached hydrogen (secondary N) is 1.